The molecule has 0 bridgehead atoms. The third-order valence-electron chi connectivity index (χ3n) is 16.8. The van der Waals surface area contributed by atoms with Crippen molar-refractivity contribution >= 4 is 51.2 Å². The minimum Gasteiger partial charge on any atom is -0.361 e. The van der Waals surface area contributed by atoms with Gasteiger partial charge < -0.3 is 39.9 Å². The minimum atomic E-state index is -1.15. The molecule has 0 saturated heterocycles. The second-order valence-corrected chi connectivity index (χ2v) is 38.3. The summed E-state index contributed by atoms with van der Waals surface area (Å²) in [5, 5.41) is 21.1. The van der Waals surface area contributed by atoms with E-state index in [0.717, 1.165) is 111 Å². The highest BCUT2D eigenvalue weighted by Gasteiger charge is 2.50. The molecule has 0 aliphatic heterocycles. The van der Waals surface area contributed by atoms with Gasteiger partial charge in [-0.1, -0.05) is 63.5 Å². The fraction of sp³-hybridized carbons (Fsp3) is 0.562. The van der Waals surface area contributed by atoms with Crippen molar-refractivity contribution in [3.63, 3.8) is 0 Å². The molecule has 4 N–H and O–H groups in total. The first kappa shape index (κ1) is 62.1. The van der Waals surface area contributed by atoms with E-state index in [4.69, 9.17) is 9.47 Å². The van der Waals surface area contributed by atoms with Crippen LogP contribution in [0.15, 0.2) is 85.7 Å². The van der Waals surface area contributed by atoms with Crippen molar-refractivity contribution in [2.75, 3.05) is 23.8 Å². The molecule has 20 heteroatoms. The van der Waals surface area contributed by atoms with Gasteiger partial charge in [0.1, 0.15) is 36.9 Å². The van der Waals surface area contributed by atoms with Gasteiger partial charge in [0.15, 0.2) is 0 Å². The van der Waals surface area contributed by atoms with Crippen LogP contribution in [0.4, 0.5) is 11.4 Å². The molecule has 4 aliphatic carbocycles. The number of imidazole rings is 2. The second kappa shape index (κ2) is 26.8. The number of nitrogens with one attached hydrogen (secondary N) is 4. The van der Waals surface area contributed by atoms with Gasteiger partial charge in [-0.15, -0.1) is 0 Å². The van der Waals surface area contributed by atoms with Crippen molar-refractivity contribution in [1.82, 2.24) is 49.3 Å². The number of benzene rings is 2. The molecule has 452 valence electrons. The Kier molecular flexibility index (Phi) is 19.8. The van der Waals surface area contributed by atoms with Crippen LogP contribution >= 0.6 is 0 Å². The van der Waals surface area contributed by atoms with Crippen molar-refractivity contribution in [2.24, 2.45) is 35.5 Å². The molecule has 84 heavy (non-hydrogen) atoms. The smallest absolute Gasteiger partial charge is 0.270 e. The van der Waals surface area contributed by atoms with Gasteiger partial charge in [0, 0.05) is 82.0 Å². The number of aryl methyl sites for hydroxylation is 1. The fourth-order valence-corrected chi connectivity index (χ4v) is 13.0. The number of aromatic nitrogens is 8. The van der Waals surface area contributed by atoms with E-state index in [-0.39, 0.29) is 47.5 Å². The highest BCUT2D eigenvalue weighted by atomic mass is 28.3. The van der Waals surface area contributed by atoms with E-state index in [1.165, 1.54) is 0 Å². The van der Waals surface area contributed by atoms with Crippen molar-refractivity contribution in [2.45, 2.75) is 182 Å². The summed E-state index contributed by atoms with van der Waals surface area (Å²) < 4.78 is 19.4. The Balaban J connectivity index is 0.000000202. The summed E-state index contributed by atoms with van der Waals surface area (Å²) in [6, 6.07) is 20.2. The fourth-order valence-electron chi connectivity index (χ4n) is 11.5. The van der Waals surface area contributed by atoms with E-state index in [1.54, 1.807) is 33.9 Å². The van der Waals surface area contributed by atoms with Gasteiger partial charge in [-0.2, -0.15) is 10.2 Å². The van der Waals surface area contributed by atoms with E-state index < -0.39 is 28.2 Å². The van der Waals surface area contributed by atoms with Crippen LogP contribution in [-0.4, -0.2) is 104 Å². The van der Waals surface area contributed by atoms with Crippen molar-refractivity contribution in [1.29, 1.82) is 0 Å². The summed E-state index contributed by atoms with van der Waals surface area (Å²) in [4.78, 5) is 63.5. The summed E-state index contributed by atoms with van der Waals surface area (Å²) >= 11 is 0. The minimum absolute atomic E-state index is 0.0471. The quantitative estimate of drug-likeness (QED) is 0.0270. The van der Waals surface area contributed by atoms with Gasteiger partial charge in [0.2, 0.25) is 11.8 Å². The molecule has 18 nitrogen and oxygen atoms in total. The zero-order chi connectivity index (χ0) is 60.0. The molecule has 2 atom stereocenters. The van der Waals surface area contributed by atoms with E-state index >= 15 is 0 Å². The van der Waals surface area contributed by atoms with Gasteiger partial charge in [0.25, 0.3) is 11.8 Å². The summed E-state index contributed by atoms with van der Waals surface area (Å²) in [6.07, 6.45) is 15.9. The number of nitrogens with zero attached hydrogens (tertiary/aromatic N) is 8. The average Bonchev–Trinajstić information content (AvgIpc) is 3.37. The normalized spacial score (nSPS) is 16.2. The first-order chi connectivity index (χ1) is 40.0. The summed E-state index contributed by atoms with van der Waals surface area (Å²) in [6.45, 7) is 28.6. The van der Waals surface area contributed by atoms with Gasteiger partial charge in [-0.25, -0.2) is 9.97 Å². The van der Waals surface area contributed by atoms with Gasteiger partial charge in [-0.05, 0) is 177 Å². The monoisotopic (exact) mass is 1180 g/mol. The predicted molar refractivity (Wildman–Crippen MR) is 336 cm³/mol. The Hall–Kier alpha value is -6.49. The molecule has 10 rings (SSSR count). The SMILES string of the molecule is Cc1c(-c2ccc(NC(=O)[C@@H](NC(=O)c3ccnn3C(C)C)C(C3CC3)C3CC3)cc2)ncn1COCC[Si](C)(C)C.Cc1ncn(COCC[Si](C)(C)C)c1-c1ccc(NC(=O)[C@@H](NC(=O)c2ccnn2C(C)C)C(C2CC2)C2CC2)cc1. The molecule has 6 aromatic rings. The maximum atomic E-state index is 13.8. The van der Waals surface area contributed by atoms with Gasteiger partial charge in [0.05, 0.1) is 29.7 Å². The van der Waals surface area contributed by atoms with Crippen molar-refractivity contribution in [3.8, 4) is 22.5 Å². The lowest BCUT2D eigenvalue weighted by Gasteiger charge is -2.28. The number of amides is 4. The molecule has 4 saturated carbocycles. The van der Waals surface area contributed by atoms with Crippen molar-refractivity contribution in [3.05, 3.63) is 108 Å². The molecule has 4 fully saturated rings. The molecular weight excluding hydrogens is 1090 g/mol. The number of hydrogen-bond acceptors (Lipinski definition) is 10. The highest BCUT2D eigenvalue weighted by molar-refractivity contribution is 6.76. The Bertz CT molecular complexity index is 3160. The average molecular weight is 1180 g/mol. The lowest BCUT2D eigenvalue weighted by molar-refractivity contribution is -0.120. The molecule has 4 aliphatic rings. The molecule has 0 unspecified atom stereocenters. The van der Waals surface area contributed by atoms with Crippen LogP contribution in [0.2, 0.25) is 51.4 Å². The molecule has 4 heterocycles. The Labute approximate surface area is 499 Å². The highest BCUT2D eigenvalue weighted by Crippen LogP contribution is 2.52. The van der Waals surface area contributed by atoms with Crippen LogP contribution in [-0.2, 0) is 32.5 Å². The maximum absolute atomic E-state index is 13.8. The van der Waals surface area contributed by atoms with Crippen LogP contribution in [0, 0.1) is 49.4 Å². The summed E-state index contributed by atoms with van der Waals surface area (Å²) in [5.74, 6) is 1.44. The standard InChI is InChI=1S/2C32H46N6O3Si/c1-21(2)38-27(15-16-34-38)31(39)36-29(28(23-7-8-23)24-9-10-24)32(40)35-26-13-11-25(12-14-26)30-22(3)33-19-37(30)20-41-17-18-42(4,5)6;1-21(2)38-27(15-16-34-38)31(39)36-30(28(23-7-8-23)24-9-10-24)32(40)35-26-13-11-25(12-14-26)29-22(3)37(19-33-29)20-41-17-18-42(4,5)6/h11-16,19,21,23-24,28-29H,7-10,17-18,20H2,1-6H3,(H,35,40)(H,36,39);11-16,19,21,23-24,28,30H,7-10,17-18,20H2,1-6H3,(H,35,40)(H,36,39)/t29-;30-/m00/s1. The number of ether oxygens (including phenoxy) is 2. The van der Waals surface area contributed by atoms with E-state index in [2.05, 4.69) is 80.7 Å². The van der Waals surface area contributed by atoms with E-state index in [9.17, 15) is 19.2 Å². The van der Waals surface area contributed by atoms with E-state index in [0.29, 0.717) is 59.9 Å². The molecule has 4 aromatic heterocycles. The first-order valence-corrected chi connectivity index (χ1v) is 38.1. The predicted octanol–water partition coefficient (Wildman–Crippen LogP) is 12.2. The molecule has 0 spiro atoms. The molecular formula is C64H92N12O6Si2. The third kappa shape index (κ3) is 16.5. The zero-order valence-electron chi connectivity index (χ0n) is 51.8. The number of carbonyl (C=O) groups is 4. The van der Waals surface area contributed by atoms with Crippen LogP contribution in [0.1, 0.15) is 124 Å². The Morgan fingerprint density at radius 1 is 0.548 bits per heavy atom. The van der Waals surface area contributed by atoms with Crippen LogP contribution in [0.3, 0.4) is 0 Å². The number of carbonyl (C=O) groups excluding carboxylic acids is 4. The lowest BCUT2D eigenvalue weighted by atomic mass is 9.88. The zero-order valence-corrected chi connectivity index (χ0v) is 53.8. The molecule has 0 radical (unpaired) electrons. The number of anilines is 2. The Morgan fingerprint density at radius 3 is 1.33 bits per heavy atom. The van der Waals surface area contributed by atoms with E-state index in [1.807, 2.05) is 112 Å². The number of hydrogen-bond donors (Lipinski definition) is 4. The topological polar surface area (TPSA) is 206 Å². The molecule has 4 amide bonds. The number of rotatable bonds is 28. The van der Waals surface area contributed by atoms with Gasteiger partial charge in [-0.3, -0.25) is 28.5 Å². The molecule has 2 aromatic carbocycles. The first-order valence-electron chi connectivity index (χ1n) is 30.7. The lowest BCUT2D eigenvalue weighted by Crippen LogP contribution is -2.50. The van der Waals surface area contributed by atoms with Crippen molar-refractivity contribution < 1.29 is 28.7 Å². The maximum Gasteiger partial charge on any atom is 0.270 e. The summed E-state index contributed by atoms with van der Waals surface area (Å²) in [5.41, 5.74) is 8.24. The summed E-state index contributed by atoms with van der Waals surface area (Å²) in [7, 11) is -2.27. The van der Waals surface area contributed by atoms with Crippen LogP contribution < -0.4 is 21.3 Å². The van der Waals surface area contributed by atoms with Crippen LogP contribution in [0.25, 0.3) is 22.5 Å². The third-order valence-corrected chi connectivity index (χ3v) is 20.2. The Morgan fingerprint density at radius 2 is 0.940 bits per heavy atom. The largest absolute Gasteiger partial charge is 0.361 e. The van der Waals surface area contributed by atoms with Gasteiger partial charge >= 0.3 is 0 Å². The second-order valence-electron chi connectivity index (χ2n) is 27.0. The van der Waals surface area contributed by atoms with Crippen LogP contribution in [0.5, 0.6) is 0 Å².